The van der Waals surface area contributed by atoms with E-state index in [1.54, 1.807) is 31.2 Å². The zero-order valence-corrected chi connectivity index (χ0v) is 11.5. The van der Waals surface area contributed by atoms with Crippen molar-refractivity contribution in [1.82, 2.24) is 0 Å². The summed E-state index contributed by atoms with van der Waals surface area (Å²) in [6.45, 7) is 1.98. The lowest BCUT2D eigenvalue weighted by atomic mass is 10.1. The smallest absolute Gasteiger partial charge is 0.339 e. The van der Waals surface area contributed by atoms with Crippen molar-refractivity contribution < 1.29 is 23.9 Å². The van der Waals surface area contributed by atoms with Gasteiger partial charge in [0.25, 0.3) is 0 Å². The highest BCUT2D eigenvalue weighted by atomic mass is 16.5. The summed E-state index contributed by atoms with van der Waals surface area (Å²) in [5.74, 6) is -1.33. The molecule has 1 aromatic rings. The number of benzene rings is 1. The van der Waals surface area contributed by atoms with Crippen LogP contribution in [0.4, 0.5) is 5.69 Å². The van der Waals surface area contributed by atoms with Crippen molar-refractivity contribution in [2.45, 2.75) is 19.8 Å². The summed E-state index contributed by atoms with van der Waals surface area (Å²) in [7, 11) is 1.27. The Balaban J connectivity index is 2.62. The fourth-order valence-corrected chi connectivity index (χ4v) is 1.54. The maximum atomic E-state index is 11.7. The molecule has 108 valence electrons. The van der Waals surface area contributed by atoms with Gasteiger partial charge in [0, 0.05) is 6.42 Å². The number of anilines is 1. The standard InChI is InChI=1S/C14H17NO5/c1-3-20-13(17)9-8-12(16)15-11-7-5-4-6-10(11)14(18)19-2/h4-7H,3,8-9H2,1-2H3,(H,15,16). The number of hydrogen-bond donors (Lipinski definition) is 1. The molecule has 0 heterocycles. The van der Waals surface area contributed by atoms with Crippen LogP contribution in [0, 0.1) is 0 Å². The average Bonchev–Trinajstić information content (AvgIpc) is 2.45. The molecular weight excluding hydrogens is 262 g/mol. The Labute approximate surface area is 117 Å². The molecule has 0 fully saturated rings. The van der Waals surface area contributed by atoms with E-state index >= 15 is 0 Å². The molecule has 0 saturated carbocycles. The summed E-state index contributed by atoms with van der Waals surface area (Å²) >= 11 is 0. The molecule has 0 spiro atoms. The lowest BCUT2D eigenvalue weighted by molar-refractivity contribution is -0.144. The zero-order chi connectivity index (χ0) is 15.0. The van der Waals surface area contributed by atoms with E-state index in [2.05, 4.69) is 10.1 Å². The summed E-state index contributed by atoms with van der Waals surface area (Å²) in [4.78, 5) is 34.4. The molecule has 0 unspecified atom stereocenters. The Morgan fingerprint density at radius 1 is 1.15 bits per heavy atom. The molecule has 1 rings (SSSR count). The average molecular weight is 279 g/mol. The van der Waals surface area contributed by atoms with Gasteiger partial charge in [0.05, 0.1) is 31.4 Å². The molecular formula is C14H17NO5. The first kappa shape index (κ1) is 15.7. The zero-order valence-electron chi connectivity index (χ0n) is 11.5. The second-order valence-electron chi connectivity index (χ2n) is 3.89. The minimum absolute atomic E-state index is 0.0000639. The quantitative estimate of drug-likeness (QED) is 0.802. The predicted molar refractivity (Wildman–Crippen MR) is 72.3 cm³/mol. The number of amides is 1. The third-order valence-electron chi connectivity index (χ3n) is 2.47. The minimum atomic E-state index is -0.536. The van der Waals surface area contributed by atoms with Gasteiger partial charge in [-0.15, -0.1) is 0 Å². The first-order valence-electron chi connectivity index (χ1n) is 6.21. The van der Waals surface area contributed by atoms with Crippen LogP contribution in [-0.4, -0.2) is 31.6 Å². The van der Waals surface area contributed by atoms with Gasteiger partial charge < -0.3 is 14.8 Å². The lowest BCUT2D eigenvalue weighted by Gasteiger charge is -2.09. The van der Waals surface area contributed by atoms with Crippen LogP contribution in [0.1, 0.15) is 30.1 Å². The number of esters is 2. The molecule has 6 heteroatoms. The van der Waals surface area contributed by atoms with E-state index < -0.39 is 11.9 Å². The summed E-state index contributed by atoms with van der Waals surface area (Å²) < 4.78 is 9.35. The number of methoxy groups -OCH3 is 1. The van der Waals surface area contributed by atoms with Crippen LogP contribution in [0.2, 0.25) is 0 Å². The van der Waals surface area contributed by atoms with Crippen LogP contribution in [0.25, 0.3) is 0 Å². The van der Waals surface area contributed by atoms with E-state index in [9.17, 15) is 14.4 Å². The van der Waals surface area contributed by atoms with Crippen LogP contribution in [0.15, 0.2) is 24.3 Å². The molecule has 6 nitrogen and oxygen atoms in total. The van der Waals surface area contributed by atoms with Crippen molar-refractivity contribution in [2.75, 3.05) is 19.0 Å². The van der Waals surface area contributed by atoms with Gasteiger partial charge in [0.2, 0.25) is 5.91 Å². The van der Waals surface area contributed by atoms with Gasteiger partial charge in [-0.25, -0.2) is 4.79 Å². The molecule has 0 aliphatic carbocycles. The Bertz CT molecular complexity index is 498. The van der Waals surface area contributed by atoms with E-state index in [-0.39, 0.29) is 30.9 Å². The van der Waals surface area contributed by atoms with Gasteiger partial charge in [-0.2, -0.15) is 0 Å². The van der Waals surface area contributed by atoms with Gasteiger partial charge in [-0.05, 0) is 19.1 Å². The number of rotatable bonds is 6. The molecule has 0 saturated heterocycles. The monoisotopic (exact) mass is 279 g/mol. The van der Waals surface area contributed by atoms with Gasteiger partial charge in [-0.1, -0.05) is 12.1 Å². The van der Waals surface area contributed by atoms with Gasteiger partial charge in [0.15, 0.2) is 0 Å². The van der Waals surface area contributed by atoms with E-state index in [0.29, 0.717) is 5.69 Å². The third-order valence-corrected chi connectivity index (χ3v) is 2.47. The molecule has 0 bridgehead atoms. The van der Waals surface area contributed by atoms with Gasteiger partial charge in [0.1, 0.15) is 0 Å². The fraction of sp³-hybridized carbons (Fsp3) is 0.357. The first-order chi connectivity index (χ1) is 9.58. The molecule has 1 amide bonds. The normalized spacial score (nSPS) is 9.70. The van der Waals surface area contributed by atoms with Crippen molar-refractivity contribution >= 4 is 23.5 Å². The highest BCUT2D eigenvalue weighted by molar-refractivity contribution is 6.01. The Morgan fingerprint density at radius 3 is 2.50 bits per heavy atom. The SMILES string of the molecule is CCOC(=O)CCC(=O)Nc1ccccc1C(=O)OC. The Morgan fingerprint density at radius 2 is 1.85 bits per heavy atom. The molecule has 1 N–H and O–H groups in total. The molecule has 1 aromatic carbocycles. The maximum absolute atomic E-state index is 11.7. The number of ether oxygens (including phenoxy) is 2. The van der Waals surface area contributed by atoms with E-state index in [1.807, 2.05) is 0 Å². The van der Waals surface area contributed by atoms with Crippen molar-refractivity contribution in [3.05, 3.63) is 29.8 Å². The van der Waals surface area contributed by atoms with Crippen molar-refractivity contribution in [1.29, 1.82) is 0 Å². The van der Waals surface area contributed by atoms with Gasteiger partial charge in [-0.3, -0.25) is 9.59 Å². The highest BCUT2D eigenvalue weighted by Crippen LogP contribution is 2.16. The molecule has 0 aromatic heterocycles. The van der Waals surface area contributed by atoms with Crippen LogP contribution in [0.5, 0.6) is 0 Å². The maximum Gasteiger partial charge on any atom is 0.339 e. The Hall–Kier alpha value is -2.37. The van der Waals surface area contributed by atoms with Gasteiger partial charge >= 0.3 is 11.9 Å². The molecule has 20 heavy (non-hydrogen) atoms. The van der Waals surface area contributed by atoms with Crippen LogP contribution in [0.3, 0.4) is 0 Å². The lowest BCUT2D eigenvalue weighted by Crippen LogP contribution is -2.17. The summed E-state index contributed by atoms with van der Waals surface area (Å²) in [5.41, 5.74) is 0.618. The number of para-hydroxylation sites is 1. The minimum Gasteiger partial charge on any atom is -0.466 e. The number of carbonyl (C=O) groups is 3. The molecule has 0 atom stereocenters. The Kier molecular flexibility index (Phi) is 6.22. The van der Waals surface area contributed by atoms with Crippen molar-refractivity contribution in [2.24, 2.45) is 0 Å². The van der Waals surface area contributed by atoms with Crippen LogP contribution < -0.4 is 5.32 Å². The van der Waals surface area contributed by atoms with E-state index in [4.69, 9.17) is 4.74 Å². The third kappa shape index (κ3) is 4.72. The summed E-state index contributed by atoms with van der Waals surface area (Å²) in [6, 6.07) is 6.50. The second kappa shape index (κ2) is 7.93. The molecule has 0 aliphatic heterocycles. The fourth-order valence-electron chi connectivity index (χ4n) is 1.54. The summed E-state index contributed by atoms with van der Waals surface area (Å²) in [6.07, 6.45) is -0.00555. The number of hydrogen-bond acceptors (Lipinski definition) is 5. The van der Waals surface area contributed by atoms with Crippen molar-refractivity contribution in [3.8, 4) is 0 Å². The predicted octanol–water partition coefficient (Wildman–Crippen LogP) is 1.75. The first-order valence-corrected chi connectivity index (χ1v) is 6.21. The second-order valence-corrected chi connectivity index (χ2v) is 3.89. The molecule has 0 radical (unpaired) electrons. The highest BCUT2D eigenvalue weighted by Gasteiger charge is 2.14. The largest absolute Gasteiger partial charge is 0.466 e. The number of nitrogens with one attached hydrogen (secondary N) is 1. The topological polar surface area (TPSA) is 81.7 Å². The van der Waals surface area contributed by atoms with Crippen LogP contribution >= 0.6 is 0 Å². The van der Waals surface area contributed by atoms with Crippen LogP contribution in [-0.2, 0) is 19.1 Å². The van der Waals surface area contributed by atoms with E-state index in [1.165, 1.54) is 7.11 Å². The number of carbonyl (C=O) groups excluding carboxylic acids is 3. The molecule has 0 aliphatic rings. The summed E-state index contributed by atoms with van der Waals surface area (Å²) in [5, 5.41) is 2.58. The van der Waals surface area contributed by atoms with E-state index in [0.717, 1.165) is 0 Å². The van der Waals surface area contributed by atoms with Crippen molar-refractivity contribution in [3.63, 3.8) is 0 Å².